The molecule has 26 heavy (non-hydrogen) atoms. The second-order valence-corrected chi connectivity index (χ2v) is 8.61. The first-order valence-corrected chi connectivity index (χ1v) is 10.6. The van der Waals surface area contributed by atoms with Crippen LogP contribution in [-0.4, -0.2) is 46.9 Å². The molecule has 1 spiro atoms. The first kappa shape index (κ1) is 17.7. The maximum absolute atomic E-state index is 12.6. The summed E-state index contributed by atoms with van der Waals surface area (Å²) in [5, 5.41) is 4.43. The molecule has 4 heterocycles. The van der Waals surface area contributed by atoms with Gasteiger partial charge in [0.2, 0.25) is 5.91 Å². The monoisotopic (exact) mass is 369 g/mol. The van der Waals surface area contributed by atoms with Crippen molar-refractivity contribution >= 4 is 17.2 Å². The second kappa shape index (κ2) is 7.89. The Kier molecular flexibility index (Phi) is 5.36. The highest BCUT2D eigenvalue weighted by atomic mass is 32.1. The van der Waals surface area contributed by atoms with E-state index < -0.39 is 0 Å². The lowest BCUT2D eigenvalue weighted by atomic mass is 9.71. The highest BCUT2D eigenvalue weighted by Crippen LogP contribution is 2.41. The van der Waals surface area contributed by atoms with Crippen molar-refractivity contribution in [3.05, 3.63) is 52.5 Å². The lowest BCUT2D eigenvalue weighted by Crippen LogP contribution is -2.48. The molecule has 0 N–H and O–H groups in total. The summed E-state index contributed by atoms with van der Waals surface area (Å²) in [7, 11) is 0. The average Bonchev–Trinajstić information content (AvgIpc) is 3.18. The van der Waals surface area contributed by atoms with E-state index in [-0.39, 0.29) is 5.91 Å². The van der Waals surface area contributed by atoms with Crippen LogP contribution in [0.2, 0.25) is 0 Å². The predicted molar refractivity (Wildman–Crippen MR) is 105 cm³/mol. The molecule has 0 bridgehead atoms. The average molecular weight is 370 g/mol. The lowest BCUT2D eigenvalue weighted by molar-refractivity contribution is -0.133. The molecule has 1 amide bonds. The number of rotatable bonds is 4. The van der Waals surface area contributed by atoms with Gasteiger partial charge >= 0.3 is 0 Å². The van der Waals surface area contributed by atoms with Gasteiger partial charge in [-0.15, -0.1) is 0 Å². The molecule has 2 aromatic heterocycles. The minimum atomic E-state index is 0.253. The van der Waals surface area contributed by atoms with E-state index in [9.17, 15) is 4.79 Å². The van der Waals surface area contributed by atoms with Crippen LogP contribution in [0.3, 0.4) is 0 Å². The highest BCUT2D eigenvalue weighted by molar-refractivity contribution is 7.07. The van der Waals surface area contributed by atoms with Gasteiger partial charge in [-0.3, -0.25) is 14.7 Å². The van der Waals surface area contributed by atoms with Crippen LogP contribution in [0.4, 0.5) is 0 Å². The van der Waals surface area contributed by atoms with Crippen molar-refractivity contribution in [2.45, 2.75) is 38.6 Å². The normalized spacial score (nSPS) is 20.4. The van der Waals surface area contributed by atoms with Crippen molar-refractivity contribution in [2.75, 3.05) is 26.2 Å². The van der Waals surface area contributed by atoms with Crippen LogP contribution in [0.25, 0.3) is 0 Å². The summed E-state index contributed by atoms with van der Waals surface area (Å²) < 4.78 is 0. The Morgan fingerprint density at radius 1 is 1.08 bits per heavy atom. The zero-order chi connectivity index (χ0) is 17.8. The fourth-order valence-corrected chi connectivity index (χ4v) is 5.01. The summed E-state index contributed by atoms with van der Waals surface area (Å²) in [4.78, 5) is 21.3. The number of thiophene rings is 1. The maximum Gasteiger partial charge on any atom is 0.227 e. The Labute approximate surface area is 159 Å². The van der Waals surface area contributed by atoms with E-state index in [0.29, 0.717) is 11.8 Å². The smallest absolute Gasteiger partial charge is 0.227 e. The number of nitrogens with zero attached hydrogens (tertiary/aromatic N) is 3. The van der Waals surface area contributed by atoms with Gasteiger partial charge in [-0.25, -0.2) is 0 Å². The van der Waals surface area contributed by atoms with Crippen molar-refractivity contribution in [2.24, 2.45) is 5.41 Å². The summed E-state index contributed by atoms with van der Waals surface area (Å²) >= 11 is 1.79. The van der Waals surface area contributed by atoms with E-state index >= 15 is 0 Å². The van der Waals surface area contributed by atoms with Gasteiger partial charge < -0.3 is 4.90 Å². The summed E-state index contributed by atoms with van der Waals surface area (Å²) in [5.74, 6) is 0.253. The number of hydrogen-bond donors (Lipinski definition) is 0. The summed E-state index contributed by atoms with van der Waals surface area (Å²) in [6, 6.07) is 6.12. The molecule has 4 nitrogen and oxygen atoms in total. The van der Waals surface area contributed by atoms with Crippen LogP contribution < -0.4 is 0 Å². The SMILES string of the molecule is O=C(Cc1cccnc1)N1CCC2(CCN(Cc3ccsc3)CC2)CC1. The van der Waals surface area contributed by atoms with E-state index in [1.807, 2.05) is 12.1 Å². The first-order chi connectivity index (χ1) is 12.7. The standard InChI is InChI=1S/C21H27N3OS/c25-20(14-18-2-1-8-22-15-18)24-11-6-21(7-12-24)4-9-23(10-5-21)16-19-3-13-26-17-19/h1-3,8,13,15,17H,4-7,9-12,14,16H2. The van der Waals surface area contributed by atoms with Crippen LogP contribution >= 0.6 is 11.3 Å². The molecule has 0 unspecified atom stereocenters. The molecule has 2 aliphatic rings. The Balaban J connectivity index is 1.25. The predicted octanol–water partition coefficient (Wildman–Crippen LogP) is 3.59. The largest absolute Gasteiger partial charge is 0.342 e. The molecule has 0 radical (unpaired) electrons. The molecule has 0 aromatic carbocycles. The van der Waals surface area contributed by atoms with Crippen molar-refractivity contribution in [3.8, 4) is 0 Å². The van der Waals surface area contributed by atoms with E-state index in [2.05, 4.69) is 31.6 Å². The molecular weight excluding hydrogens is 342 g/mol. The topological polar surface area (TPSA) is 36.4 Å². The summed E-state index contributed by atoms with van der Waals surface area (Å²) in [5.41, 5.74) is 2.93. The zero-order valence-corrected chi connectivity index (χ0v) is 16.1. The maximum atomic E-state index is 12.6. The molecule has 0 aliphatic carbocycles. The van der Waals surface area contributed by atoms with Gasteiger partial charge in [0, 0.05) is 32.0 Å². The van der Waals surface area contributed by atoms with Gasteiger partial charge in [0.1, 0.15) is 0 Å². The molecule has 2 saturated heterocycles. The van der Waals surface area contributed by atoms with Crippen LogP contribution in [0.5, 0.6) is 0 Å². The Hall–Kier alpha value is -1.72. The molecular formula is C21H27N3OS. The fraction of sp³-hybridized carbons (Fsp3) is 0.524. The van der Waals surface area contributed by atoms with Gasteiger partial charge in [-0.2, -0.15) is 11.3 Å². The number of likely N-dealkylation sites (tertiary alicyclic amines) is 2. The molecule has 4 rings (SSSR count). The minimum Gasteiger partial charge on any atom is -0.342 e. The summed E-state index contributed by atoms with van der Waals surface area (Å²) in [6.07, 6.45) is 8.92. The van der Waals surface area contributed by atoms with Gasteiger partial charge in [0.15, 0.2) is 0 Å². The van der Waals surface area contributed by atoms with Crippen molar-refractivity contribution in [1.29, 1.82) is 0 Å². The number of carbonyl (C=O) groups is 1. The van der Waals surface area contributed by atoms with Crippen molar-refractivity contribution in [1.82, 2.24) is 14.8 Å². The van der Waals surface area contributed by atoms with Gasteiger partial charge in [0.25, 0.3) is 0 Å². The molecule has 2 aromatic rings. The van der Waals surface area contributed by atoms with Crippen LogP contribution in [0.15, 0.2) is 41.4 Å². The molecule has 0 atom stereocenters. The molecule has 2 aliphatic heterocycles. The Morgan fingerprint density at radius 3 is 2.50 bits per heavy atom. The quantitative estimate of drug-likeness (QED) is 0.826. The lowest BCUT2D eigenvalue weighted by Gasteiger charge is -2.47. The van der Waals surface area contributed by atoms with Gasteiger partial charge in [-0.1, -0.05) is 6.07 Å². The number of amides is 1. The third-order valence-electron chi connectivity index (χ3n) is 6.16. The number of piperidine rings is 2. The van der Waals surface area contributed by atoms with Gasteiger partial charge in [-0.05, 0) is 78.2 Å². The van der Waals surface area contributed by atoms with Crippen molar-refractivity contribution in [3.63, 3.8) is 0 Å². The van der Waals surface area contributed by atoms with Crippen LogP contribution in [-0.2, 0) is 17.8 Å². The van der Waals surface area contributed by atoms with E-state index in [0.717, 1.165) is 38.0 Å². The number of carbonyl (C=O) groups excluding carboxylic acids is 1. The molecule has 0 saturated carbocycles. The van der Waals surface area contributed by atoms with Gasteiger partial charge in [0.05, 0.1) is 6.42 Å². The number of hydrogen-bond acceptors (Lipinski definition) is 4. The molecule has 5 heteroatoms. The number of aromatic nitrogens is 1. The molecule has 138 valence electrons. The summed E-state index contributed by atoms with van der Waals surface area (Å²) in [6.45, 7) is 5.32. The van der Waals surface area contributed by atoms with E-state index in [1.165, 1.54) is 31.5 Å². The Morgan fingerprint density at radius 2 is 1.85 bits per heavy atom. The number of pyridine rings is 1. The Bertz CT molecular complexity index is 698. The zero-order valence-electron chi connectivity index (χ0n) is 15.3. The van der Waals surface area contributed by atoms with Crippen molar-refractivity contribution < 1.29 is 4.79 Å². The third kappa shape index (κ3) is 4.15. The minimum absolute atomic E-state index is 0.253. The first-order valence-electron chi connectivity index (χ1n) is 9.63. The van der Waals surface area contributed by atoms with Crippen LogP contribution in [0, 0.1) is 5.41 Å². The second-order valence-electron chi connectivity index (χ2n) is 7.83. The molecule has 2 fully saturated rings. The highest BCUT2D eigenvalue weighted by Gasteiger charge is 2.38. The fourth-order valence-electron chi connectivity index (χ4n) is 4.35. The van der Waals surface area contributed by atoms with Crippen LogP contribution in [0.1, 0.15) is 36.8 Å². The van der Waals surface area contributed by atoms with E-state index in [4.69, 9.17) is 0 Å². The van der Waals surface area contributed by atoms with E-state index in [1.54, 1.807) is 23.7 Å². The third-order valence-corrected chi connectivity index (χ3v) is 6.89.